The van der Waals surface area contributed by atoms with Crippen LogP contribution in [0.5, 0.6) is 5.75 Å². The van der Waals surface area contributed by atoms with Gasteiger partial charge < -0.3 is 20.1 Å². The van der Waals surface area contributed by atoms with Crippen molar-refractivity contribution in [2.24, 2.45) is 4.99 Å². The molecular weight excluding hydrogens is 499 g/mol. The molecule has 0 amide bonds. The van der Waals surface area contributed by atoms with Gasteiger partial charge in [-0.15, -0.1) is 24.0 Å². The number of nitrogens with zero attached hydrogens (tertiary/aromatic N) is 1. The summed E-state index contributed by atoms with van der Waals surface area (Å²) in [6.45, 7) is 2.46. The van der Waals surface area contributed by atoms with Gasteiger partial charge >= 0.3 is 6.61 Å². The Morgan fingerprint density at radius 1 is 1.38 bits per heavy atom. The van der Waals surface area contributed by atoms with E-state index in [0.717, 1.165) is 4.47 Å². The Morgan fingerprint density at radius 3 is 2.67 bits per heavy atom. The predicted octanol–water partition coefficient (Wildman–Crippen LogP) is 3.76. The monoisotopic (exact) mass is 521 g/mol. The van der Waals surface area contributed by atoms with Crippen molar-refractivity contribution in [2.45, 2.75) is 33.0 Å². The Kier molecular flexibility index (Phi) is 12.3. The molecule has 1 aromatic carbocycles. The van der Waals surface area contributed by atoms with Crippen LogP contribution in [0.1, 0.15) is 19.4 Å². The summed E-state index contributed by atoms with van der Waals surface area (Å²) in [6.07, 6.45) is 0. The lowest BCUT2D eigenvalue weighted by molar-refractivity contribution is -0.0504. The zero-order chi connectivity index (χ0) is 17.2. The molecule has 0 saturated heterocycles. The highest BCUT2D eigenvalue weighted by Gasteiger charge is 2.11. The maximum absolute atomic E-state index is 12.5. The summed E-state index contributed by atoms with van der Waals surface area (Å²) >= 11 is 3.32. The average Bonchev–Trinajstić information content (AvgIpc) is 2.47. The molecule has 0 fully saturated rings. The van der Waals surface area contributed by atoms with Gasteiger partial charge in [-0.3, -0.25) is 0 Å². The number of ether oxygens (including phenoxy) is 2. The summed E-state index contributed by atoms with van der Waals surface area (Å²) in [5.41, 5.74) is 0.566. The summed E-state index contributed by atoms with van der Waals surface area (Å²) < 4.78 is 35.3. The fourth-order valence-electron chi connectivity index (χ4n) is 1.89. The molecule has 0 radical (unpaired) electrons. The molecule has 0 bridgehead atoms. The molecule has 5 nitrogen and oxygen atoms in total. The highest BCUT2D eigenvalue weighted by molar-refractivity contribution is 14.0. The quantitative estimate of drug-likeness (QED) is 0.311. The van der Waals surface area contributed by atoms with Gasteiger partial charge in [0.05, 0.1) is 13.2 Å². The van der Waals surface area contributed by atoms with Crippen molar-refractivity contribution in [3.8, 4) is 5.75 Å². The number of alkyl halides is 2. The normalized spacial score (nSPS) is 12.5. The molecular formula is C15H23BrF2IN3O2. The Balaban J connectivity index is 0.00000529. The maximum Gasteiger partial charge on any atom is 0.387 e. The number of rotatable bonds is 8. The van der Waals surface area contributed by atoms with E-state index in [1.165, 1.54) is 6.07 Å². The number of aliphatic imine (C=N–C) groups is 1. The molecule has 138 valence electrons. The highest BCUT2D eigenvalue weighted by Crippen LogP contribution is 2.25. The average molecular weight is 522 g/mol. The molecule has 0 aliphatic heterocycles. The standard InChI is InChI=1S/C15H22BrF2N3O2.HI/c1-4-19-15(21-10(2)9-22-3)20-8-11-7-12(16)5-6-13(11)23-14(17)18;/h5-7,10,14H,4,8-9H2,1-3H3,(H2,19,20,21);1H. The minimum absolute atomic E-state index is 0. The van der Waals surface area contributed by atoms with Crippen LogP contribution in [0.4, 0.5) is 8.78 Å². The van der Waals surface area contributed by atoms with Gasteiger partial charge in [-0.1, -0.05) is 15.9 Å². The van der Waals surface area contributed by atoms with E-state index in [1.807, 2.05) is 13.8 Å². The molecule has 2 N–H and O–H groups in total. The van der Waals surface area contributed by atoms with Gasteiger partial charge in [-0.2, -0.15) is 8.78 Å². The van der Waals surface area contributed by atoms with Crippen LogP contribution in [-0.2, 0) is 11.3 Å². The fraction of sp³-hybridized carbons (Fsp3) is 0.533. The molecule has 0 aliphatic carbocycles. The third-order valence-corrected chi connectivity index (χ3v) is 3.28. The second kappa shape index (κ2) is 12.6. The first-order valence-corrected chi connectivity index (χ1v) is 8.02. The molecule has 1 aromatic rings. The molecule has 24 heavy (non-hydrogen) atoms. The van der Waals surface area contributed by atoms with Crippen LogP contribution < -0.4 is 15.4 Å². The van der Waals surface area contributed by atoms with Gasteiger partial charge in [-0.25, -0.2) is 4.99 Å². The van der Waals surface area contributed by atoms with Gasteiger partial charge in [-0.05, 0) is 32.0 Å². The lowest BCUT2D eigenvalue weighted by atomic mass is 10.2. The number of nitrogens with one attached hydrogen (secondary N) is 2. The van der Waals surface area contributed by atoms with Crippen LogP contribution in [-0.4, -0.2) is 38.9 Å². The predicted molar refractivity (Wildman–Crippen MR) is 105 cm³/mol. The Hall–Kier alpha value is -0.680. The van der Waals surface area contributed by atoms with Crippen molar-refractivity contribution in [1.82, 2.24) is 10.6 Å². The van der Waals surface area contributed by atoms with Crippen molar-refractivity contribution < 1.29 is 18.3 Å². The molecule has 1 atom stereocenters. The van der Waals surface area contributed by atoms with E-state index in [1.54, 1.807) is 19.2 Å². The van der Waals surface area contributed by atoms with Gasteiger partial charge in [0.2, 0.25) is 0 Å². The summed E-state index contributed by atoms with van der Waals surface area (Å²) in [7, 11) is 1.62. The second-order valence-electron chi connectivity index (χ2n) is 4.83. The molecule has 0 aromatic heterocycles. The fourth-order valence-corrected chi connectivity index (χ4v) is 2.30. The maximum atomic E-state index is 12.5. The number of halogens is 4. The van der Waals surface area contributed by atoms with Gasteiger partial charge in [0.1, 0.15) is 5.75 Å². The molecule has 1 rings (SSSR count). The van der Waals surface area contributed by atoms with Crippen molar-refractivity contribution in [3.63, 3.8) is 0 Å². The van der Waals surface area contributed by atoms with Crippen LogP contribution in [0.15, 0.2) is 27.7 Å². The van der Waals surface area contributed by atoms with Crippen molar-refractivity contribution in [2.75, 3.05) is 20.3 Å². The molecule has 1 unspecified atom stereocenters. The summed E-state index contributed by atoms with van der Waals surface area (Å²) in [4.78, 5) is 4.41. The van der Waals surface area contributed by atoms with Crippen LogP contribution in [0.2, 0.25) is 0 Å². The molecule has 0 spiro atoms. The lowest BCUT2D eigenvalue weighted by Gasteiger charge is -2.17. The SMILES string of the molecule is CCNC(=NCc1cc(Br)ccc1OC(F)F)NC(C)COC.I. The van der Waals surface area contributed by atoms with Gasteiger partial charge in [0.15, 0.2) is 5.96 Å². The summed E-state index contributed by atoms with van der Waals surface area (Å²) in [5.74, 6) is 0.702. The lowest BCUT2D eigenvalue weighted by Crippen LogP contribution is -2.43. The number of hydrogen-bond donors (Lipinski definition) is 2. The second-order valence-corrected chi connectivity index (χ2v) is 5.74. The van der Waals surface area contributed by atoms with E-state index in [4.69, 9.17) is 4.74 Å². The van der Waals surface area contributed by atoms with E-state index < -0.39 is 6.61 Å². The number of methoxy groups -OCH3 is 1. The van der Waals surface area contributed by atoms with E-state index in [0.29, 0.717) is 24.7 Å². The van der Waals surface area contributed by atoms with E-state index in [2.05, 4.69) is 36.3 Å². The smallest absolute Gasteiger partial charge is 0.387 e. The van der Waals surface area contributed by atoms with E-state index in [9.17, 15) is 8.78 Å². The third-order valence-electron chi connectivity index (χ3n) is 2.79. The zero-order valence-electron chi connectivity index (χ0n) is 13.8. The van der Waals surface area contributed by atoms with Crippen molar-refractivity contribution in [3.05, 3.63) is 28.2 Å². The zero-order valence-corrected chi connectivity index (χ0v) is 17.7. The van der Waals surface area contributed by atoms with E-state index >= 15 is 0 Å². The largest absolute Gasteiger partial charge is 0.434 e. The van der Waals surface area contributed by atoms with E-state index in [-0.39, 0.29) is 42.3 Å². The van der Waals surface area contributed by atoms with Crippen molar-refractivity contribution in [1.29, 1.82) is 0 Å². The first kappa shape index (κ1) is 23.3. The number of benzene rings is 1. The molecule has 9 heteroatoms. The van der Waals surface area contributed by atoms with Crippen LogP contribution in [0.3, 0.4) is 0 Å². The first-order chi connectivity index (χ1) is 11.0. The topological polar surface area (TPSA) is 54.9 Å². The number of guanidine groups is 1. The first-order valence-electron chi connectivity index (χ1n) is 7.23. The van der Waals surface area contributed by atoms with Crippen molar-refractivity contribution >= 4 is 45.9 Å². The minimum Gasteiger partial charge on any atom is -0.434 e. The van der Waals surface area contributed by atoms with Crippen LogP contribution in [0, 0.1) is 0 Å². The highest BCUT2D eigenvalue weighted by atomic mass is 127. The third kappa shape index (κ3) is 8.97. The molecule has 0 saturated carbocycles. The van der Waals surface area contributed by atoms with Crippen LogP contribution >= 0.6 is 39.9 Å². The Morgan fingerprint density at radius 2 is 2.08 bits per heavy atom. The number of hydrogen-bond acceptors (Lipinski definition) is 3. The Bertz CT molecular complexity index is 521. The summed E-state index contributed by atoms with van der Waals surface area (Å²) in [6, 6.07) is 4.92. The Labute approximate surface area is 166 Å². The minimum atomic E-state index is -2.87. The van der Waals surface area contributed by atoms with Crippen LogP contribution in [0.25, 0.3) is 0 Å². The molecule has 0 heterocycles. The van der Waals surface area contributed by atoms with Gasteiger partial charge in [0, 0.05) is 29.7 Å². The molecule has 0 aliphatic rings. The summed E-state index contributed by atoms with van der Waals surface area (Å²) in [5, 5.41) is 6.28. The van der Waals surface area contributed by atoms with Gasteiger partial charge in [0.25, 0.3) is 0 Å².